The summed E-state index contributed by atoms with van der Waals surface area (Å²) in [6.45, 7) is 3.33. The van der Waals surface area contributed by atoms with Crippen molar-refractivity contribution in [2.45, 2.75) is 45.1 Å². The fraction of sp³-hybridized carbons (Fsp3) is 0.625. The first-order valence-corrected chi connectivity index (χ1v) is 7.12. The molecule has 0 aromatic heterocycles. The Hall–Kier alpha value is -0.820. The van der Waals surface area contributed by atoms with Crippen LogP contribution in [0.25, 0.3) is 0 Å². The number of hydrogen-bond acceptors (Lipinski definition) is 1. The zero-order valence-corrected chi connectivity index (χ0v) is 10.8. The van der Waals surface area contributed by atoms with Gasteiger partial charge in [0.05, 0.1) is 0 Å². The topological polar surface area (TPSA) is 12.0 Å². The minimum absolute atomic E-state index is 0.847. The molecule has 0 bridgehead atoms. The molecule has 0 saturated heterocycles. The first kappa shape index (κ1) is 11.3. The third-order valence-electron chi connectivity index (χ3n) is 4.14. The van der Waals surface area contributed by atoms with Crippen LogP contribution < -0.4 is 5.32 Å². The lowest BCUT2D eigenvalue weighted by atomic mass is 10.1. The van der Waals surface area contributed by atoms with Gasteiger partial charge < -0.3 is 5.32 Å². The molecule has 1 aromatic carbocycles. The first-order chi connectivity index (χ1) is 8.33. The van der Waals surface area contributed by atoms with Crippen molar-refractivity contribution in [1.29, 1.82) is 0 Å². The van der Waals surface area contributed by atoms with Crippen LogP contribution in [-0.2, 0) is 6.42 Å². The van der Waals surface area contributed by atoms with E-state index < -0.39 is 0 Å². The van der Waals surface area contributed by atoms with Gasteiger partial charge in [0.15, 0.2) is 0 Å². The highest BCUT2D eigenvalue weighted by Crippen LogP contribution is 2.44. The van der Waals surface area contributed by atoms with Crippen LogP contribution in [0, 0.1) is 18.8 Å². The minimum Gasteiger partial charge on any atom is -0.313 e. The largest absolute Gasteiger partial charge is 0.313 e. The summed E-state index contributed by atoms with van der Waals surface area (Å²) in [6, 6.07) is 9.75. The molecule has 0 amide bonds. The summed E-state index contributed by atoms with van der Waals surface area (Å²) in [7, 11) is 0. The second-order valence-corrected chi connectivity index (χ2v) is 5.89. The maximum absolute atomic E-state index is 3.81. The zero-order valence-electron chi connectivity index (χ0n) is 10.8. The summed E-state index contributed by atoms with van der Waals surface area (Å²) < 4.78 is 0. The van der Waals surface area contributed by atoms with Crippen LogP contribution in [0.5, 0.6) is 0 Å². The highest BCUT2D eigenvalue weighted by molar-refractivity contribution is 5.22. The van der Waals surface area contributed by atoms with Crippen LogP contribution >= 0.6 is 0 Å². The normalized spacial score (nSPS) is 19.9. The molecule has 0 unspecified atom stereocenters. The molecule has 2 fully saturated rings. The smallest absolute Gasteiger partial charge is 0.0124 e. The van der Waals surface area contributed by atoms with Gasteiger partial charge in [0, 0.05) is 6.04 Å². The Morgan fingerprint density at radius 3 is 2.47 bits per heavy atom. The van der Waals surface area contributed by atoms with E-state index in [-0.39, 0.29) is 0 Å². The van der Waals surface area contributed by atoms with Crippen LogP contribution in [0.1, 0.15) is 36.8 Å². The van der Waals surface area contributed by atoms with E-state index in [0.29, 0.717) is 0 Å². The summed E-state index contributed by atoms with van der Waals surface area (Å²) in [4.78, 5) is 0. The van der Waals surface area contributed by atoms with Crippen molar-refractivity contribution in [3.63, 3.8) is 0 Å². The van der Waals surface area contributed by atoms with E-state index in [1.165, 1.54) is 43.2 Å². The fourth-order valence-electron chi connectivity index (χ4n) is 2.88. The minimum atomic E-state index is 0.847. The Morgan fingerprint density at radius 2 is 1.88 bits per heavy atom. The van der Waals surface area contributed by atoms with E-state index in [2.05, 4.69) is 36.5 Å². The third-order valence-corrected chi connectivity index (χ3v) is 4.14. The van der Waals surface area contributed by atoms with Gasteiger partial charge in [-0.3, -0.25) is 0 Å². The van der Waals surface area contributed by atoms with Gasteiger partial charge in [-0.05, 0) is 63.0 Å². The number of aryl methyl sites for hydroxylation is 1. The first-order valence-electron chi connectivity index (χ1n) is 7.12. The number of rotatable bonds is 6. The summed E-state index contributed by atoms with van der Waals surface area (Å²) >= 11 is 0. The van der Waals surface area contributed by atoms with Crippen LogP contribution in [0.2, 0.25) is 0 Å². The summed E-state index contributed by atoms with van der Waals surface area (Å²) in [5.41, 5.74) is 2.85. The standard InChI is InChI=1S/C16H23N/c1-12-3-2-4-13(11-12)9-10-17-16(14-5-6-14)15-7-8-15/h2-4,11,14-17H,5-10H2,1H3. The molecule has 1 nitrogen and oxygen atoms in total. The molecule has 1 heteroatoms. The number of nitrogens with one attached hydrogen (secondary N) is 1. The van der Waals surface area contributed by atoms with Crippen LogP contribution in [-0.4, -0.2) is 12.6 Å². The Kier molecular flexibility index (Phi) is 3.19. The van der Waals surface area contributed by atoms with Crippen molar-refractivity contribution < 1.29 is 0 Å². The Morgan fingerprint density at radius 1 is 1.18 bits per heavy atom. The maximum Gasteiger partial charge on any atom is 0.0124 e. The van der Waals surface area contributed by atoms with E-state index in [9.17, 15) is 0 Å². The van der Waals surface area contributed by atoms with Gasteiger partial charge in [0.1, 0.15) is 0 Å². The Balaban J connectivity index is 1.47. The number of hydrogen-bond donors (Lipinski definition) is 1. The van der Waals surface area contributed by atoms with Crippen molar-refractivity contribution in [1.82, 2.24) is 5.32 Å². The van der Waals surface area contributed by atoms with E-state index >= 15 is 0 Å². The van der Waals surface area contributed by atoms with E-state index in [1.807, 2.05) is 0 Å². The van der Waals surface area contributed by atoms with Gasteiger partial charge in [0.2, 0.25) is 0 Å². The average molecular weight is 229 g/mol. The quantitative estimate of drug-likeness (QED) is 0.789. The molecule has 2 aliphatic rings. The van der Waals surface area contributed by atoms with Crippen LogP contribution in [0.4, 0.5) is 0 Å². The highest BCUT2D eigenvalue weighted by Gasteiger charge is 2.40. The average Bonchev–Trinajstić information content (AvgIpc) is 3.15. The van der Waals surface area contributed by atoms with Gasteiger partial charge in [0.25, 0.3) is 0 Å². The van der Waals surface area contributed by atoms with Crippen molar-refractivity contribution in [3.8, 4) is 0 Å². The molecule has 0 radical (unpaired) electrons. The molecule has 1 aromatic rings. The SMILES string of the molecule is Cc1cccc(CCNC(C2CC2)C2CC2)c1. The molecular formula is C16H23N. The fourth-order valence-corrected chi connectivity index (χ4v) is 2.88. The van der Waals surface area contributed by atoms with E-state index in [1.54, 1.807) is 0 Å². The van der Waals surface area contributed by atoms with Crippen molar-refractivity contribution in [3.05, 3.63) is 35.4 Å². The molecule has 2 saturated carbocycles. The second-order valence-electron chi connectivity index (χ2n) is 5.89. The predicted molar refractivity (Wildman–Crippen MR) is 72.1 cm³/mol. The van der Waals surface area contributed by atoms with Crippen LogP contribution in [0.15, 0.2) is 24.3 Å². The van der Waals surface area contributed by atoms with Crippen molar-refractivity contribution in [2.24, 2.45) is 11.8 Å². The van der Waals surface area contributed by atoms with E-state index in [0.717, 1.165) is 24.4 Å². The predicted octanol–water partition coefficient (Wildman–Crippen LogP) is 3.32. The molecule has 0 heterocycles. The van der Waals surface area contributed by atoms with Gasteiger partial charge in [-0.25, -0.2) is 0 Å². The van der Waals surface area contributed by atoms with Crippen molar-refractivity contribution >= 4 is 0 Å². The molecule has 0 spiro atoms. The van der Waals surface area contributed by atoms with Gasteiger partial charge >= 0.3 is 0 Å². The molecule has 0 atom stereocenters. The van der Waals surface area contributed by atoms with E-state index in [4.69, 9.17) is 0 Å². The number of benzene rings is 1. The molecule has 3 rings (SSSR count). The molecule has 92 valence electrons. The zero-order chi connectivity index (χ0) is 11.7. The van der Waals surface area contributed by atoms with Gasteiger partial charge in [-0.1, -0.05) is 29.8 Å². The lowest BCUT2D eigenvalue weighted by molar-refractivity contribution is 0.420. The highest BCUT2D eigenvalue weighted by atomic mass is 14.9. The van der Waals surface area contributed by atoms with Gasteiger partial charge in [-0.2, -0.15) is 0 Å². The lowest BCUT2D eigenvalue weighted by Crippen LogP contribution is -2.34. The Bertz CT molecular complexity index is 365. The molecule has 0 aliphatic heterocycles. The Labute approximate surface area is 105 Å². The molecular weight excluding hydrogens is 206 g/mol. The molecule has 17 heavy (non-hydrogen) atoms. The molecule has 1 N–H and O–H groups in total. The summed E-state index contributed by atoms with van der Waals surface area (Å²) in [5.74, 6) is 2.03. The van der Waals surface area contributed by atoms with Crippen molar-refractivity contribution in [2.75, 3.05) is 6.54 Å². The molecule has 2 aliphatic carbocycles. The monoisotopic (exact) mass is 229 g/mol. The lowest BCUT2D eigenvalue weighted by Gasteiger charge is -2.17. The summed E-state index contributed by atoms with van der Waals surface area (Å²) in [6.07, 6.45) is 7.06. The second kappa shape index (κ2) is 4.81. The van der Waals surface area contributed by atoms with Gasteiger partial charge in [-0.15, -0.1) is 0 Å². The third kappa shape index (κ3) is 3.10. The maximum atomic E-state index is 3.81. The van der Waals surface area contributed by atoms with Crippen LogP contribution in [0.3, 0.4) is 0 Å². The summed E-state index contributed by atoms with van der Waals surface area (Å²) in [5, 5.41) is 3.81.